The molecule has 0 aliphatic carbocycles. The van der Waals surface area contributed by atoms with Gasteiger partial charge in [0.15, 0.2) is 24.5 Å². The molecule has 0 unspecified atom stereocenters. The zero-order valence-corrected chi connectivity index (χ0v) is 17.2. The molecular formula is C19H12Br2ClFN2O. The van der Waals surface area contributed by atoms with Gasteiger partial charge in [-0.3, -0.25) is 0 Å². The first-order valence-corrected chi connectivity index (χ1v) is 8.74. The molecule has 4 aromatic rings. The number of fused-ring (bicyclic) bond motifs is 1. The summed E-state index contributed by atoms with van der Waals surface area (Å²) in [5.74, 6) is 0.260. The van der Waals surface area contributed by atoms with E-state index in [2.05, 4.69) is 20.9 Å². The number of oxazole rings is 1. The molecule has 132 valence electrons. The van der Waals surface area contributed by atoms with Crippen molar-refractivity contribution in [2.75, 3.05) is 0 Å². The van der Waals surface area contributed by atoms with E-state index < -0.39 is 0 Å². The maximum absolute atomic E-state index is 13.4. The van der Waals surface area contributed by atoms with Gasteiger partial charge in [-0.05, 0) is 52.3 Å². The summed E-state index contributed by atoms with van der Waals surface area (Å²) in [5, 5.41) is 0.614. The van der Waals surface area contributed by atoms with Crippen LogP contribution in [0.2, 0.25) is 5.02 Å². The van der Waals surface area contributed by atoms with Crippen molar-refractivity contribution in [1.82, 2.24) is 4.98 Å². The molecular weight excluding hydrogens is 486 g/mol. The molecule has 0 spiro atoms. The van der Waals surface area contributed by atoms with Crippen molar-refractivity contribution in [1.29, 1.82) is 0 Å². The fraction of sp³-hybridized carbons (Fsp3) is 0.0526. The Morgan fingerprint density at radius 1 is 1.12 bits per heavy atom. The van der Waals surface area contributed by atoms with E-state index in [1.165, 1.54) is 12.1 Å². The quantitative estimate of drug-likeness (QED) is 0.406. The standard InChI is InChI=1S/C19H12BrClFN2O.BrH/c20-14-7-13(19-23-17-8-15(21)4-5-18(17)25-19)10-24(11-14)9-12-2-1-3-16(22)6-12;/h1-8,10-11H,9H2;1H/q+1;/p-1. The van der Waals surface area contributed by atoms with Crippen molar-refractivity contribution in [3.63, 3.8) is 0 Å². The van der Waals surface area contributed by atoms with E-state index in [9.17, 15) is 4.39 Å². The van der Waals surface area contributed by atoms with Crippen LogP contribution in [0.3, 0.4) is 0 Å². The van der Waals surface area contributed by atoms with Crippen LogP contribution in [-0.2, 0) is 6.54 Å². The Kier molecular flexibility index (Phi) is 5.75. The molecule has 0 bridgehead atoms. The van der Waals surface area contributed by atoms with Crippen molar-refractivity contribution in [3.8, 4) is 11.5 Å². The molecule has 26 heavy (non-hydrogen) atoms. The molecule has 0 saturated carbocycles. The summed E-state index contributed by atoms with van der Waals surface area (Å²) < 4.78 is 22.0. The zero-order valence-electron chi connectivity index (χ0n) is 13.3. The Hall–Kier alpha value is -1.76. The minimum absolute atomic E-state index is 0. The molecule has 2 aromatic heterocycles. The molecule has 0 fully saturated rings. The van der Waals surface area contributed by atoms with Crippen molar-refractivity contribution >= 4 is 38.6 Å². The molecule has 3 nitrogen and oxygen atoms in total. The lowest BCUT2D eigenvalue weighted by Gasteiger charge is -2.01. The highest BCUT2D eigenvalue weighted by molar-refractivity contribution is 9.10. The van der Waals surface area contributed by atoms with Gasteiger partial charge in [0.05, 0.1) is 4.47 Å². The van der Waals surface area contributed by atoms with Crippen LogP contribution in [0, 0.1) is 5.82 Å². The average Bonchev–Trinajstić information content (AvgIpc) is 2.97. The molecule has 0 N–H and O–H groups in total. The van der Waals surface area contributed by atoms with Gasteiger partial charge in [0.2, 0.25) is 5.89 Å². The molecule has 0 saturated heterocycles. The second-order valence-corrected chi connectivity index (χ2v) is 7.03. The summed E-state index contributed by atoms with van der Waals surface area (Å²) in [7, 11) is 0. The highest BCUT2D eigenvalue weighted by atomic mass is 79.9. The maximum Gasteiger partial charge on any atom is 0.233 e. The van der Waals surface area contributed by atoms with Gasteiger partial charge in [-0.25, -0.2) is 9.37 Å². The fourth-order valence-electron chi connectivity index (χ4n) is 2.68. The van der Waals surface area contributed by atoms with Gasteiger partial charge in [0.1, 0.15) is 16.9 Å². The third-order valence-corrected chi connectivity index (χ3v) is 4.41. The topological polar surface area (TPSA) is 29.9 Å². The van der Waals surface area contributed by atoms with Crippen LogP contribution in [0.5, 0.6) is 0 Å². The first kappa shape index (κ1) is 19.0. The van der Waals surface area contributed by atoms with Crippen molar-refractivity contribution in [3.05, 3.63) is 81.8 Å². The van der Waals surface area contributed by atoms with E-state index in [4.69, 9.17) is 16.0 Å². The Bertz CT molecular complexity index is 1080. The number of aromatic nitrogens is 2. The molecule has 7 heteroatoms. The highest BCUT2D eigenvalue weighted by Gasteiger charge is 2.15. The number of rotatable bonds is 3. The number of benzene rings is 2. The van der Waals surface area contributed by atoms with Crippen LogP contribution < -0.4 is 21.5 Å². The van der Waals surface area contributed by atoms with Gasteiger partial charge in [-0.2, -0.15) is 4.57 Å². The SMILES string of the molecule is Fc1cccc(C[n+]2cc(Br)cc(-c3nc4cc(Cl)ccc4o3)c2)c1.[Br-]. The Morgan fingerprint density at radius 3 is 2.77 bits per heavy atom. The summed E-state index contributed by atoms with van der Waals surface area (Å²) in [6.07, 6.45) is 3.84. The fourth-order valence-corrected chi connectivity index (χ4v) is 3.35. The van der Waals surface area contributed by atoms with E-state index in [-0.39, 0.29) is 22.8 Å². The lowest BCUT2D eigenvalue weighted by Crippen LogP contribution is -3.00. The Labute approximate surface area is 173 Å². The summed E-state index contributed by atoms with van der Waals surface area (Å²) in [6.45, 7) is 0.538. The molecule has 2 aromatic carbocycles. The lowest BCUT2D eigenvalue weighted by molar-refractivity contribution is -0.688. The van der Waals surface area contributed by atoms with E-state index in [0.29, 0.717) is 28.6 Å². The van der Waals surface area contributed by atoms with Crippen LogP contribution in [0.1, 0.15) is 5.56 Å². The Balaban J connectivity index is 0.00000196. The van der Waals surface area contributed by atoms with Crippen LogP contribution in [0.4, 0.5) is 4.39 Å². The number of pyridine rings is 1. The van der Waals surface area contributed by atoms with Crippen molar-refractivity contribution < 1.29 is 30.4 Å². The molecule has 0 amide bonds. The molecule has 2 heterocycles. The minimum atomic E-state index is -0.246. The van der Waals surface area contributed by atoms with E-state index in [1.54, 1.807) is 24.3 Å². The van der Waals surface area contributed by atoms with E-state index in [1.807, 2.05) is 29.1 Å². The van der Waals surface area contributed by atoms with Crippen LogP contribution in [0.25, 0.3) is 22.6 Å². The highest BCUT2D eigenvalue weighted by Crippen LogP contribution is 2.27. The number of hydrogen-bond donors (Lipinski definition) is 0. The smallest absolute Gasteiger partial charge is 0.233 e. The molecule has 0 aliphatic rings. The van der Waals surface area contributed by atoms with Crippen molar-refractivity contribution in [2.45, 2.75) is 6.54 Å². The summed E-state index contributed by atoms with van der Waals surface area (Å²) in [4.78, 5) is 4.50. The molecule has 0 radical (unpaired) electrons. The number of hydrogen-bond acceptors (Lipinski definition) is 2. The lowest BCUT2D eigenvalue weighted by atomic mass is 10.2. The third-order valence-electron chi connectivity index (χ3n) is 3.74. The monoisotopic (exact) mass is 496 g/mol. The number of nitrogens with zero attached hydrogens (tertiary/aromatic N) is 2. The van der Waals surface area contributed by atoms with Gasteiger partial charge >= 0.3 is 0 Å². The third kappa shape index (κ3) is 4.14. The van der Waals surface area contributed by atoms with Crippen LogP contribution >= 0.6 is 27.5 Å². The second kappa shape index (κ2) is 7.86. The molecule has 0 aliphatic heterocycles. The second-order valence-electron chi connectivity index (χ2n) is 5.68. The summed E-state index contributed by atoms with van der Waals surface area (Å²) >= 11 is 9.51. The van der Waals surface area contributed by atoms with Gasteiger partial charge in [0, 0.05) is 10.6 Å². The average molecular weight is 499 g/mol. The van der Waals surface area contributed by atoms with E-state index in [0.717, 1.165) is 15.6 Å². The zero-order chi connectivity index (χ0) is 17.4. The molecule has 4 rings (SSSR count). The predicted octanol–water partition coefficient (Wildman–Crippen LogP) is 2.39. The van der Waals surface area contributed by atoms with Gasteiger partial charge in [-0.1, -0.05) is 23.7 Å². The van der Waals surface area contributed by atoms with E-state index >= 15 is 0 Å². The maximum atomic E-state index is 13.4. The first-order valence-electron chi connectivity index (χ1n) is 7.57. The minimum Gasteiger partial charge on any atom is -1.00 e. The van der Waals surface area contributed by atoms with Gasteiger partial charge in [-0.15, -0.1) is 0 Å². The largest absolute Gasteiger partial charge is 1.00 e. The van der Waals surface area contributed by atoms with Crippen molar-refractivity contribution in [2.24, 2.45) is 0 Å². The summed E-state index contributed by atoms with van der Waals surface area (Å²) in [5.41, 5.74) is 3.08. The van der Waals surface area contributed by atoms with Gasteiger partial charge in [0.25, 0.3) is 0 Å². The Morgan fingerprint density at radius 2 is 1.96 bits per heavy atom. The van der Waals surface area contributed by atoms with Crippen LogP contribution in [-0.4, -0.2) is 4.98 Å². The first-order chi connectivity index (χ1) is 12.1. The summed E-state index contributed by atoms with van der Waals surface area (Å²) in [6, 6.07) is 13.8. The normalized spacial score (nSPS) is 10.7. The molecule has 0 atom stereocenters. The van der Waals surface area contributed by atoms with Crippen LogP contribution in [0.15, 0.2) is 69.8 Å². The number of halogens is 4. The predicted molar refractivity (Wildman–Crippen MR) is 97.9 cm³/mol. The van der Waals surface area contributed by atoms with Gasteiger partial charge < -0.3 is 21.4 Å².